The first-order valence-corrected chi connectivity index (χ1v) is 5.05. The van der Waals surface area contributed by atoms with Crippen LogP contribution >= 0.6 is 0 Å². The van der Waals surface area contributed by atoms with E-state index in [4.69, 9.17) is 4.74 Å². The zero-order valence-electron chi connectivity index (χ0n) is 9.04. The van der Waals surface area contributed by atoms with E-state index in [9.17, 15) is 4.79 Å². The average Bonchev–Trinajstić information content (AvgIpc) is 2.23. The summed E-state index contributed by atoms with van der Waals surface area (Å²) in [5.41, 5.74) is 3.05. The zero-order chi connectivity index (χ0) is 11.0. The largest absolute Gasteiger partial charge is 0.485 e. The van der Waals surface area contributed by atoms with Crippen LogP contribution in [0.4, 0.5) is 0 Å². The molecule has 1 aliphatic rings. The van der Waals surface area contributed by atoms with E-state index in [1.807, 2.05) is 32.0 Å². The van der Waals surface area contributed by atoms with Crippen molar-refractivity contribution >= 4 is 11.4 Å². The predicted octanol–water partition coefficient (Wildman–Crippen LogP) is 3.03. The molecule has 2 heteroatoms. The number of fused-ring (bicyclic) bond motifs is 1. The van der Waals surface area contributed by atoms with Crippen molar-refractivity contribution in [3.8, 4) is 5.75 Å². The predicted molar refractivity (Wildman–Crippen MR) is 62.2 cm³/mol. The fourth-order valence-electron chi connectivity index (χ4n) is 1.73. The summed E-state index contributed by atoms with van der Waals surface area (Å²) >= 11 is 0. The third-order valence-electron chi connectivity index (χ3n) is 2.83. The lowest BCUT2D eigenvalue weighted by Gasteiger charge is -2.22. The van der Waals surface area contributed by atoms with Crippen LogP contribution < -0.4 is 4.74 Å². The van der Waals surface area contributed by atoms with Crippen molar-refractivity contribution in [2.45, 2.75) is 19.8 Å². The summed E-state index contributed by atoms with van der Waals surface area (Å²) in [5, 5.41) is 0. The molecule has 0 aliphatic carbocycles. The summed E-state index contributed by atoms with van der Waals surface area (Å²) < 4.78 is 5.41. The topological polar surface area (TPSA) is 26.3 Å². The van der Waals surface area contributed by atoms with Crippen molar-refractivity contribution in [3.05, 3.63) is 35.9 Å². The second-order valence-corrected chi connectivity index (χ2v) is 4.01. The summed E-state index contributed by atoms with van der Waals surface area (Å²) in [4.78, 5) is 11.4. The van der Waals surface area contributed by atoms with Crippen molar-refractivity contribution in [2.24, 2.45) is 0 Å². The lowest BCUT2D eigenvalue weighted by Crippen LogP contribution is -2.23. The van der Waals surface area contributed by atoms with E-state index >= 15 is 0 Å². The van der Waals surface area contributed by atoms with Crippen molar-refractivity contribution < 1.29 is 11.0 Å². The van der Waals surface area contributed by atoms with Crippen LogP contribution in [0.5, 0.6) is 5.75 Å². The van der Waals surface area contributed by atoms with Gasteiger partial charge in [-0.2, -0.15) is 0 Å². The van der Waals surface area contributed by atoms with Crippen LogP contribution in [0, 0.1) is 0 Å². The molecule has 1 aliphatic heterocycles. The Labute approximate surface area is 91.1 Å². The Morgan fingerprint density at radius 1 is 1.60 bits per heavy atom. The molecule has 2 nitrogen and oxygen atoms in total. The first-order valence-electron chi connectivity index (χ1n) is 5.05. The number of allylic oxidation sites excluding steroid dienone is 1. The van der Waals surface area contributed by atoms with Crippen molar-refractivity contribution in [1.82, 2.24) is 0 Å². The van der Waals surface area contributed by atoms with Crippen LogP contribution in [-0.2, 0) is 4.79 Å². The molecule has 0 radical (unpaired) electrons. The van der Waals surface area contributed by atoms with E-state index in [2.05, 4.69) is 6.58 Å². The van der Waals surface area contributed by atoms with E-state index in [0.29, 0.717) is 0 Å². The van der Waals surface area contributed by atoms with Gasteiger partial charge in [-0.1, -0.05) is 31.2 Å². The number of ketones is 1. The quantitative estimate of drug-likeness (QED) is 0.702. The van der Waals surface area contributed by atoms with Gasteiger partial charge in [0.2, 0.25) is 0 Å². The Morgan fingerprint density at radius 3 is 3.00 bits per heavy atom. The molecule has 80 valence electrons. The monoisotopic (exact) mass is 204 g/mol. The number of hydrogen-bond donors (Lipinski definition) is 0. The van der Waals surface area contributed by atoms with Crippen LogP contribution in [0.25, 0.3) is 5.57 Å². The van der Waals surface area contributed by atoms with Crippen LogP contribution in [0.15, 0.2) is 24.8 Å². The lowest BCUT2D eigenvalue weighted by molar-refractivity contribution is -0.123. The first-order chi connectivity index (χ1) is 7.09. The highest BCUT2D eigenvalue weighted by Crippen LogP contribution is 2.33. The standard InChI is InChI=1S/C13H14O2.H2/c1-8(2)10-4-5-11-9(3)12(14)7-15-13(11)6-10;/h4-6,9H,1,7H2,2-3H3;1H. The maximum atomic E-state index is 11.4. The number of carbonyl (C=O) groups is 1. The molecule has 1 aromatic carbocycles. The molecule has 15 heavy (non-hydrogen) atoms. The molecule has 0 saturated heterocycles. The molecule has 1 unspecified atom stereocenters. The third kappa shape index (κ3) is 1.67. The van der Waals surface area contributed by atoms with Gasteiger partial charge in [0, 0.05) is 12.9 Å². The Hall–Kier alpha value is -1.57. The van der Waals surface area contributed by atoms with E-state index in [1.165, 1.54) is 0 Å². The van der Waals surface area contributed by atoms with Crippen molar-refractivity contribution in [3.63, 3.8) is 0 Å². The van der Waals surface area contributed by atoms with Crippen LogP contribution in [0.3, 0.4) is 0 Å². The Kier molecular flexibility index (Phi) is 2.35. The summed E-state index contributed by atoms with van der Waals surface area (Å²) in [6, 6.07) is 5.90. The van der Waals surface area contributed by atoms with E-state index < -0.39 is 0 Å². The number of rotatable bonds is 1. The minimum Gasteiger partial charge on any atom is -0.485 e. The molecule has 1 atom stereocenters. The molecule has 0 fully saturated rings. The van der Waals surface area contributed by atoms with Gasteiger partial charge in [0.15, 0.2) is 5.78 Å². The smallest absolute Gasteiger partial charge is 0.177 e. The van der Waals surface area contributed by atoms with Crippen LogP contribution in [-0.4, -0.2) is 12.4 Å². The van der Waals surface area contributed by atoms with Gasteiger partial charge in [-0.25, -0.2) is 0 Å². The highest BCUT2D eigenvalue weighted by molar-refractivity contribution is 5.89. The minimum absolute atomic E-state index is 0. The van der Waals surface area contributed by atoms with Gasteiger partial charge in [-0.15, -0.1) is 0 Å². The molecule has 0 bridgehead atoms. The molecule has 0 aromatic heterocycles. The maximum absolute atomic E-state index is 11.4. The van der Waals surface area contributed by atoms with E-state index in [0.717, 1.165) is 22.4 Å². The molecule has 0 spiro atoms. The highest BCUT2D eigenvalue weighted by Gasteiger charge is 2.24. The minimum atomic E-state index is -0.0482. The molecular formula is C13H16O2. The molecule has 1 heterocycles. The lowest BCUT2D eigenvalue weighted by atomic mass is 9.92. The Bertz CT molecular complexity index is 438. The molecule has 2 rings (SSSR count). The van der Waals surface area contributed by atoms with Gasteiger partial charge in [-0.3, -0.25) is 4.79 Å². The fraction of sp³-hybridized carbons (Fsp3) is 0.308. The molecule has 0 N–H and O–H groups in total. The van der Waals surface area contributed by atoms with Crippen LogP contribution in [0.1, 0.15) is 32.3 Å². The van der Waals surface area contributed by atoms with Gasteiger partial charge < -0.3 is 4.74 Å². The van der Waals surface area contributed by atoms with Crippen LogP contribution in [0.2, 0.25) is 0 Å². The van der Waals surface area contributed by atoms with Gasteiger partial charge in [0.1, 0.15) is 12.4 Å². The summed E-state index contributed by atoms with van der Waals surface area (Å²) in [5.74, 6) is 0.918. The molecule has 0 amide bonds. The van der Waals surface area contributed by atoms with Gasteiger partial charge in [0.05, 0.1) is 0 Å². The number of carbonyl (C=O) groups excluding carboxylic acids is 1. The summed E-state index contributed by atoms with van der Waals surface area (Å²) in [7, 11) is 0. The number of ether oxygens (including phenoxy) is 1. The number of hydrogen-bond acceptors (Lipinski definition) is 2. The first kappa shape index (κ1) is 9.97. The second-order valence-electron chi connectivity index (χ2n) is 4.01. The molecule has 0 saturated carbocycles. The van der Waals surface area contributed by atoms with Gasteiger partial charge in [0.25, 0.3) is 0 Å². The maximum Gasteiger partial charge on any atom is 0.177 e. The average molecular weight is 204 g/mol. The number of benzene rings is 1. The Balaban J connectivity index is 0.00000128. The molecular weight excluding hydrogens is 188 g/mol. The normalized spacial score (nSPS) is 19.3. The number of Topliss-reactive ketones (excluding diaryl/α,β-unsaturated/α-hetero) is 1. The fourth-order valence-corrected chi connectivity index (χ4v) is 1.73. The SMILES string of the molecule is C=C(C)c1ccc2c(c1)OCC(=O)C2C.[HH]. The second kappa shape index (κ2) is 3.54. The zero-order valence-corrected chi connectivity index (χ0v) is 9.04. The Morgan fingerprint density at radius 2 is 2.33 bits per heavy atom. The summed E-state index contributed by atoms with van der Waals surface area (Å²) in [6.07, 6.45) is 0. The van der Waals surface area contributed by atoms with Crippen molar-refractivity contribution in [2.75, 3.05) is 6.61 Å². The molecule has 1 aromatic rings. The highest BCUT2D eigenvalue weighted by atomic mass is 16.5. The third-order valence-corrected chi connectivity index (χ3v) is 2.83. The van der Waals surface area contributed by atoms with Gasteiger partial charge >= 0.3 is 0 Å². The van der Waals surface area contributed by atoms with Gasteiger partial charge in [-0.05, 0) is 18.6 Å². The van der Waals surface area contributed by atoms with Crippen molar-refractivity contribution in [1.29, 1.82) is 0 Å². The van der Waals surface area contributed by atoms with E-state index in [-0.39, 0.29) is 19.7 Å². The van der Waals surface area contributed by atoms with E-state index in [1.54, 1.807) is 0 Å². The summed E-state index contributed by atoms with van der Waals surface area (Å²) in [6.45, 7) is 7.95.